The molecule has 1 aromatic carbocycles. The zero-order chi connectivity index (χ0) is 22.8. The molecule has 32 heavy (non-hydrogen) atoms. The number of nitrogens with one attached hydrogen (secondary N) is 2. The monoisotopic (exact) mass is 477 g/mol. The third kappa shape index (κ3) is 4.74. The van der Waals surface area contributed by atoms with Crippen molar-refractivity contribution in [2.45, 2.75) is 44.7 Å². The lowest BCUT2D eigenvalue weighted by Crippen LogP contribution is -2.29. The van der Waals surface area contributed by atoms with E-state index in [0.717, 1.165) is 12.8 Å². The second kappa shape index (κ2) is 9.48. The number of aliphatic hydroxyl groups is 1. The van der Waals surface area contributed by atoms with E-state index >= 15 is 0 Å². The number of fused-ring (bicyclic) bond motifs is 1. The SMILES string of the molecule is CC(CO)Nc1ncc2nc(Nc3ccc(Cl)cc3Cl)n([C@H]3CC[C@@H](C(N)=O)CC3)c2n1. The summed E-state index contributed by atoms with van der Waals surface area (Å²) < 4.78 is 2.04. The Morgan fingerprint density at radius 3 is 2.69 bits per heavy atom. The van der Waals surface area contributed by atoms with Crippen LogP contribution >= 0.6 is 23.2 Å². The van der Waals surface area contributed by atoms with Crippen LogP contribution in [-0.2, 0) is 4.79 Å². The number of nitrogens with zero attached hydrogens (tertiary/aromatic N) is 4. The first-order valence-corrected chi connectivity index (χ1v) is 11.2. The molecule has 1 saturated carbocycles. The molecule has 9 nitrogen and oxygen atoms in total. The van der Waals surface area contributed by atoms with Gasteiger partial charge in [0.05, 0.1) is 23.5 Å². The van der Waals surface area contributed by atoms with Crippen molar-refractivity contribution in [3.05, 3.63) is 34.4 Å². The third-order valence-electron chi connectivity index (χ3n) is 5.72. The fraction of sp³-hybridized carbons (Fsp3) is 0.429. The molecule has 1 fully saturated rings. The molecule has 0 saturated heterocycles. The Hall–Kier alpha value is -2.62. The smallest absolute Gasteiger partial charge is 0.225 e. The largest absolute Gasteiger partial charge is 0.394 e. The number of carbonyl (C=O) groups excluding carboxylic acids is 1. The molecule has 0 radical (unpaired) electrons. The number of hydrogen-bond donors (Lipinski definition) is 4. The van der Waals surface area contributed by atoms with Crippen LogP contribution in [0, 0.1) is 5.92 Å². The predicted molar refractivity (Wildman–Crippen MR) is 125 cm³/mol. The molecule has 11 heteroatoms. The van der Waals surface area contributed by atoms with Gasteiger partial charge >= 0.3 is 0 Å². The van der Waals surface area contributed by atoms with E-state index in [9.17, 15) is 9.90 Å². The molecule has 1 unspecified atom stereocenters. The first-order valence-electron chi connectivity index (χ1n) is 10.5. The number of nitrogens with two attached hydrogens (primary N) is 1. The highest BCUT2D eigenvalue weighted by Crippen LogP contribution is 2.38. The summed E-state index contributed by atoms with van der Waals surface area (Å²) in [6.07, 6.45) is 4.59. The van der Waals surface area contributed by atoms with Crippen LogP contribution in [0.15, 0.2) is 24.4 Å². The van der Waals surface area contributed by atoms with E-state index in [1.165, 1.54) is 0 Å². The van der Waals surface area contributed by atoms with Crippen LogP contribution in [0.5, 0.6) is 0 Å². The highest BCUT2D eigenvalue weighted by Gasteiger charge is 2.29. The van der Waals surface area contributed by atoms with Crippen LogP contribution in [0.1, 0.15) is 38.6 Å². The topological polar surface area (TPSA) is 131 Å². The highest BCUT2D eigenvalue weighted by atomic mass is 35.5. The van der Waals surface area contributed by atoms with Crippen LogP contribution in [0.2, 0.25) is 10.0 Å². The number of hydrogen-bond acceptors (Lipinski definition) is 7. The Bertz CT molecular complexity index is 1130. The number of aromatic nitrogens is 4. The summed E-state index contributed by atoms with van der Waals surface area (Å²) in [5.41, 5.74) is 7.46. The van der Waals surface area contributed by atoms with Gasteiger partial charge in [0.15, 0.2) is 5.65 Å². The molecule has 1 atom stereocenters. The van der Waals surface area contributed by atoms with Crippen molar-refractivity contribution in [1.29, 1.82) is 0 Å². The Labute approximate surface area is 195 Å². The molecular formula is C21H25Cl2N7O2. The fourth-order valence-corrected chi connectivity index (χ4v) is 4.45. The fourth-order valence-electron chi connectivity index (χ4n) is 3.99. The summed E-state index contributed by atoms with van der Waals surface area (Å²) in [6.45, 7) is 1.80. The number of rotatable bonds is 7. The van der Waals surface area contributed by atoms with E-state index in [-0.39, 0.29) is 30.5 Å². The van der Waals surface area contributed by atoms with Gasteiger partial charge in [-0.2, -0.15) is 4.98 Å². The summed E-state index contributed by atoms with van der Waals surface area (Å²) in [7, 11) is 0. The number of primary amides is 1. The molecule has 170 valence electrons. The lowest BCUT2D eigenvalue weighted by molar-refractivity contribution is -0.122. The lowest BCUT2D eigenvalue weighted by atomic mass is 9.85. The van der Waals surface area contributed by atoms with Crippen molar-refractivity contribution in [2.24, 2.45) is 11.7 Å². The van der Waals surface area contributed by atoms with Crippen molar-refractivity contribution < 1.29 is 9.90 Å². The molecule has 2 heterocycles. The van der Waals surface area contributed by atoms with Crippen molar-refractivity contribution >= 4 is 57.9 Å². The molecule has 1 amide bonds. The first kappa shape index (κ1) is 22.6. The molecule has 0 aliphatic heterocycles. The summed E-state index contributed by atoms with van der Waals surface area (Å²) in [5.74, 6) is 0.618. The second-order valence-corrected chi connectivity index (χ2v) is 8.94. The molecule has 1 aliphatic carbocycles. The minimum Gasteiger partial charge on any atom is -0.394 e. The molecule has 2 aromatic heterocycles. The van der Waals surface area contributed by atoms with E-state index in [2.05, 4.69) is 20.6 Å². The van der Waals surface area contributed by atoms with Crippen LogP contribution in [0.25, 0.3) is 11.2 Å². The van der Waals surface area contributed by atoms with Crippen molar-refractivity contribution in [2.75, 3.05) is 17.2 Å². The van der Waals surface area contributed by atoms with Gasteiger partial charge in [-0.1, -0.05) is 23.2 Å². The number of anilines is 3. The van der Waals surface area contributed by atoms with Gasteiger partial charge in [0.1, 0.15) is 5.52 Å². The molecule has 3 aromatic rings. The highest BCUT2D eigenvalue weighted by molar-refractivity contribution is 6.36. The number of carbonyl (C=O) groups is 1. The minimum absolute atomic E-state index is 0.0420. The van der Waals surface area contributed by atoms with Crippen molar-refractivity contribution in [3.63, 3.8) is 0 Å². The first-order chi connectivity index (χ1) is 15.4. The van der Waals surface area contributed by atoms with Crippen molar-refractivity contribution in [3.8, 4) is 0 Å². The summed E-state index contributed by atoms with van der Waals surface area (Å²) >= 11 is 12.4. The van der Waals surface area contributed by atoms with Gasteiger partial charge in [-0.25, -0.2) is 9.97 Å². The molecule has 5 N–H and O–H groups in total. The van der Waals surface area contributed by atoms with Crippen LogP contribution in [0.3, 0.4) is 0 Å². The number of amides is 1. The van der Waals surface area contributed by atoms with Gasteiger partial charge in [-0.3, -0.25) is 9.36 Å². The quantitative estimate of drug-likeness (QED) is 0.405. The van der Waals surface area contributed by atoms with E-state index in [0.29, 0.717) is 51.6 Å². The zero-order valence-electron chi connectivity index (χ0n) is 17.6. The number of imidazole rings is 1. The van der Waals surface area contributed by atoms with E-state index in [4.69, 9.17) is 33.9 Å². The standard InChI is InChI=1S/C21H25Cl2N7O2/c1-11(10-31)26-20-25-9-17-19(29-20)30(14-5-2-12(3-6-14)18(24)32)21(28-17)27-16-7-4-13(22)8-15(16)23/h4,7-9,11-12,14,31H,2-3,5-6,10H2,1H3,(H2,24,32)(H,27,28)(H,25,26,29)/t11?,12-,14+. The maximum absolute atomic E-state index is 11.6. The Balaban J connectivity index is 1.74. The Morgan fingerprint density at radius 1 is 1.28 bits per heavy atom. The predicted octanol–water partition coefficient (Wildman–Crippen LogP) is 3.89. The maximum Gasteiger partial charge on any atom is 0.225 e. The summed E-state index contributed by atoms with van der Waals surface area (Å²) in [5, 5.41) is 16.7. The third-order valence-corrected chi connectivity index (χ3v) is 6.27. The number of aliphatic hydroxyl groups excluding tert-OH is 1. The molecule has 0 bridgehead atoms. The molecule has 0 spiro atoms. The van der Waals surface area contributed by atoms with Gasteiger partial charge < -0.3 is 21.5 Å². The average Bonchev–Trinajstić information content (AvgIpc) is 3.12. The summed E-state index contributed by atoms with van der Waals surface area (Å²) in [4.78, 5) is 25.3. The van der Waals surface area contributed by atoms with Gasteiger partial charge in [-0.05, 0) is 50.8 Å². The maximum atomic E-state index is 11.6. The molecule has 4 rings (SSSR count). The van der Waals surface area contributed by atoms with Crippen LogP contribution < -0.4 is 16.4 Å². The van der Waals surface area contributed by atoms with Crippen molar-refractivity contribution in [1.82, 2.24) is 19.5 Å². The summed E-state index contributed by atoms with van der Waals surface area (Å²) in [6, 6.07) is 5.08. The normalized spacial score (nSPS) is 19.6. The average molecular weight is 478 g/mol. The minimum atomic E-state index is -0.253. The Morgan fingerprint density at radius 2 is 2.03 bits per heavy atom. The van der Waals surface area contributed by atoms with Crippen LogP contribution in [-0.4, -0.2) is 43.2 Å². The molecular weight excluding hydrogens is 453 g/mol. The molecule has 1 aliphatic rings. The number of halogens is 2. The second-order valence-electron chi connectivity index (χ2n) is 8.09. The lowest BCUT2D eigenvalue weighted by Gasteiger charge is -2.29. The van der Waals surface area contributed by atoms with E-state index in [1.807, 2.05) is 11.5 Å². The van der Waals surface area contributed by atoms with Gasteiger partial charge in [0.2, 0.25) is 17.8 Å². The Kier molecular flexibility index (Phi) is 6.68. The number of benzene rings is 1. The van der Waals surface area contributed by atoms with E-state index in [1.54, 1.807) is 24.4 Å². The van der Waals surface area contributed by atoms with E-state index < -0.39 is 0 Å². The van der Waals surface area contributed by atoms with Gasteiger partial charge in [0.25, 0.3) is 0 Å². The zero-order valence-corrected chi connectivity index (χ0v) is 19.1. The van der Waals surface area contributed by atoms with Gasteiger partial charge in [0, 0.05) is 23.0 Å². The van der Waals surface area contributed by atoms with Crippen LogP contribution in [0.4, 0.5) is 17.6 Å². The van der Waals surface area contributed by atoms with Gasteiger partial charge in [-0.15, -0.1) is 0 Å².